The second kappa shape index (κ2) is 6.49. The van der Waals surface area contributed by atoms with Gasteiger partial charge in [0.1, 0.15) is 5.60 Å². The molecule has 0 amide bonds. The zero-order valence-corrected chi connectivity index (χ0v) is 15.9. The van der Waals surface area contributed by atoms with Gasteiger partial charge in [-0.3, -0.25) is 0 Å². The van der Waals surface area contributed by atoms with Gasteiger partial charge in [-0.25, -0.2) is 0 Å². The Hall–Kier alpha value is -3.54. The minimum Gasteiger partial charge on any atom is -0.449 e. The normalized spacial score (nSPS) is 17.6. The molecule has 5 heteroatoms. The molecule has 1 radical (unpaired) electrons. The molecular formula is C25H16BO4. The average Bonchev–Trinajstić information content (AvgIpc) is 3.10. The molecule has 1 unspecified atom stereocenters. The van der Waals surface area contributed by atoms with Gasteiger partial charge in [0.2, 0.25) is 0 Å². The summed E-state index contributed by atoms with van der Waals surface area (Å²) in [5.41, 5.74) is 3.64. The van der Waals surface area contributed by atoms with E-state index < -0.39 is 5.60 Å². The van der Waals surface area contributed by atoms with E-state index in [1.807, 2.05) is 91.0 Å². The van der Waals surface area contributed by atoms with Gasteiger partial charge in [0.15, 0.2) is 23.0 Å². The number of rotatable bonds is 3. The molecule has 0 bridgehead atoms. The number of para-hydroxylation sites is 2. The average molecular weight is 391 g/mol. The van der Waals surface area contributed by atoms with Gasteiger partial charge < -0.3 is 19.2 Å². The number of hydrogen-bond donors (Lipinski definition) is 1. The van der Waals surface area contributed by atoms with E-state index >= 15 is 0 Å². The van der Waals surface area contributed by atoms with E-state index in [2.05, 4.69) is 0 Å². The first-order chi connectivity index (χ1) is 14.8. The van der Waals surface area contributed by atoms with Crippen molar-refractivity contribution in [3.05, 3.63) is 108 Å². The van der Waals surface area contributed by atoms with E-state index in [1.54, 1.807) is 0 Å². The van der Waals surface area contributed by atoms with Crippen LogP contribution < -0.4 is 9.47 Å². The summed E-state index contributed by atoms with van der Waals surface area (Å²) in [7, 11) is 0.769. The zero-order chi connectivity index (χ0) is 20.1. The Labute approximate surface area is 174 Å². The molecule has 1 atom stereocenters. The van der Waals surface area contributed by atoms with Crippen molar-refractivity contribution in [2.45, 2.75) is 5.60 Å². The maximum Gasteiger partial charge on any atom is 0.486 e. The maximum absolute atomic E-state index is 9.77. The van der Waals surface area contributed by atoms with E-state index in [0.29, 0.717) is 23.0 Å². The molecular weight excluding hydrogens is 375 g/mol. The summed E-state index contributed by atoms with van der Waals surface area (Å²) in [6, 6.07) is 29.4. The molecule has 4 aromatic rings. The highest BCUT2D eigenvalue weighted by Crippen LogP contribution is 2.60. The Morgan fingerprint density at radius 2 is 1.37 bits per heavy atom. The minimum absolute atomic E-state index is 0.651. The van der Waals surface area contributed by atoms with Gasteiger partial charge in [-0.1, -0.05) is 72.8 Å². The van der Waals surface area contributed by atoms with Crippen molar-refractivity contribution in [1.82, 2.24) is 0 Å². The largest absolute Gasteiger partial charge is 0.486 e. The lowest BCUT2D eigenvalue weighted by Crippen LogP contribution is -2.32. The highest BCUT2D eigenvalue weighted by Gasteiger charge is 2.48. The first kappa shape index (κ1) is 17.3. The second-order valence-corrected chi connectivity index (χ2v) is 7.28. The quantitative estimate of drug-likeness (QED) is 0.419. The van der Waals surface area contributed by atoms with Crippen LogP contribution in [0.1, 0.15) is 16.7 Å². The summed E-state index contributed by atoms with van der Waals surface area (Å²) in [4.78, 5) is 0. The Morgan fingerprint density at radius 3 is 2.17 bits per heavy atom. The van der Waals surface area contributed by atoms with Crippen molar-refractivity contribution in [2.75, 3.05) is 0 Å². The van der Waals surface area contributed by atoms with Gasteiger partial charge >= 0.3 is 7.69 Å². The summed E-state index contributed by atoms with van der Waals surface area (Å²) in [6.07, 6.45) is 0. The topological polar surface area (TPSA) is 47.9 Å². The van der Waals surface area contributed by atoms with Crippen LogP contribution in [-0.4, -0.2) is 12.7 Å². The lowest BCUT2D eigenvalue weighted by Gasteiger charge is -2.32. The van der Waals surface area contributed by atoms with E-state index in [-0.39, 0.29) is 0 Å². The third-order valence-electron chi connectivity index (χ3n) is 5.77. The first-order valence-electron chi connectivity index (χ1n) is 9.74. The van der Waals surface area contributed by atoms with Crippen molar-refractivity contribution in [1.29, 1.82) is 0 Å². The van der Waals surface area contributed by atoms with Crippen molar-refractivity contribution in [3.8, 4) is 34.1 Å². The van der Waals surface area contributed by atoms with Crippen molar-refractivity contribution in [3.63, 3.8) is 0 Å². The number of hydrogen-bond acceptors (Lipinski definition) is 4. The van der Waals surface area contributed by atoms with Crippen LogP contribution in [0, 0.1) is 0 Å². The Morgan fingerprint density at radius 1 is 0.667 bits per heavy atom. The van der Waals surface area contributed by atoms with E-state index in [4.69, 9.17) is 14.1 Å². The molecule has 0 spiro atoms. The molecule has 1 aliphatic heterocycles. The van der Waals surface area contributed by atoms with Crippen LogP contribution in [0.4, 0.5) is 0 Å². The van der Waals surface area contributed by atoms with Crippen LogP contribution in [0.3, 0.4) is 0 Å². The van der Waals surface area contributed by atoms with Gasteiger partial charge in [-0.2, -0.15) is 0 Å². The predicted molar refractivity (Wildman–Crippen MR) is 114 cm³/mol. The van der Waals surface area contributed by atoms with E-state index in [1.165, 1.54) is 0 Å². The molecule has 0 saturated carbocycles. The third-order valence-corrected chi connectivity index (χ3v) is 5.77. The molecule has 4 aromatic carbocycles. The van der Waals surface area contributed by atoms with Gasteiger partial charge in [-0.15, -0.1) is 0 Å². The first-order valence-corrected chi connectivity index (χ1v) is 9.74. The standard InChI is InChI=1S/C25H16BO4/c27-26-30-25(16-8-2-1-3-9-16)18-11-5-4-10-17(18)23-19(25)14-15-22-24(23)29-21-13-7-6-12-20(21)28-22/h1-15,27H. The number of benzene rings is 4. The second-order valence-electron chi connectivity index (χ2n) is 7.28. The van der Waals surface area contributed by atoms with Gasteiger partial charge in [0.25, 0.3) is 0 Å². The van der Waals surface area contributed by atoms with Crippen molar-refractivity contribution < 1.29 is 19.2 Å². The molecule has 1 N–H and O–H groups in total. The van der Waals surface area contributed by atoms with Crippen LogP contribution >= 0.6 is 0 Å². The highest BCUT2D eigenvalue weighted by molar-refractivity contribution is 6.16. The Bertz CT molecular complexity index is 1270. The molecule has 6 rings (SSSR count). The van der Waals surface area contributed by atoms with Crippen LogP contribution in [0.15, 0.2) is 91.0 Å². The maximum atomic E-state index is 9.77. The monoisotopic (exact) mass is 391 g/mol. The lowest BCUT2D eigenvalue weighted by molar-refractivity contribution is 0.143. The SMILES string of the molecule is O[B]OC1(c2ccccc2)c2ccccc2-c2c1ccc1c2Oc2ccccc2O1. The van der Waals surface area contributed by atoms with Crippen LogP contribution in [0.25, 0.3) is 11.1 Å². The fraction of sp³-hybridized carbons (Fsp3) is 0.0400. The number of fused-ring (bicyclic) bond motifs is 6. The summed E-state index contributed by atoms with van der Waals surface area (Å²) >= 11 is 0. The molecule has 1 aliphatic carbocycles. The van der Waals surface area contributed by atoms with Gasteiger partial charge in [0, 0.05) is 11.1 Å². The molecule has 143 valence electrons. The lowest BCUT2D eigenvalue weighted by atomic mass is 9.83. The minimum atomic E-state index is -0.989. The van der Waals surface area contributed by atoms with Crippen LogP contribution in [0.5, 0.6) is 23.0 Å². The van der Waals surface area contributed by atoms with E-state index in [0.717, 1.165) is 35.5 Å². The summed E-state index contributed by atoms with van der Waals surface area (Å²) in [5, 5.41) is 9.77. The Balaban J connectivity index is 1.67. The molecule has 0 aromatic heterocycles. The van der Waals surface area contributed by atoms with Gasteiger partial charge in [0.05, 0.1) is 0 Å². The highest BCUT2D eigenvalue weighted by atomic mass is 16.6. The van der Waals surface area contributed by atoms with Crippen molar-refractivity contribution >= 4 is 7.69 Å². The van der Waals surface area contributed by atoms with Gasteiger partial charge in [-0.05, 0) is 34.9 Å². The van der Waals surface area contributed by atoms with Crippen LogP contribution in [-0.2, 0) is 10.3 Å². The van der Waals surface area contributed by atoms with E-state index in [9.17, 15) is 5.02 Å². The zero-order valence-electron chi connectivity index (χ0n) is 15.9. The molecule has 1 heterocycles. The Kier molecular flexibility index (Phi) is 3.75. The molecule has 0 fully saturated rings. The fourth-order valence-electron chi connectivity index (χ4n) is 4.56. The molecule has 0 saturated heterocycles. The fourth-order valence-corrected chi connectivity index (χ4v) is 4.56. The molecule has 2 aliphatic rings. The summed E-state index contributed by atoms with van der Waals surface area (Å²) in [5.74, 6) is 2.66. The smallest absolute Gasteiger partial charge is 0.449 e. The predicted octanol–water partition coefficient (Wildman–Crippen LogP) is 5.40. The summed E-state index contributed by atoms with van der Waals surface area (Å²) < 4.78 is 18.5. The summed E-state index contributed by atoms with van der Waals surface area (Å²) in [6.45, 7) is 0. The van der Waals surface area contributed by atoms with Crippen molar-refractivity contribution in [2.24, 2.45) is 0 Å². The number of ether oxygens (including phenoxy) is 2. The molecule has 30 heavy (non-hydrogen) atoms. The van der Waals surface area contributed by atoms with Crippen LogP contribution in [0.2, 0.25) is 0 Å². The molecule has 4 nitrogen and oxygen atoms in total. The third kappa shape index (κ3) is 2.24.